The highest BCUT2D eigenvalue weighted by Crippen LogP contribution is 2.44. The van der Waals surface area contributed by atoms with Crippen LogP contribution in [0.4, 0.5) is 0 Å². The molecule has 2 aliphatic rings. The van der Waals surface area contributed by atoms with Gasteiger partial charge in [-0.2, -0.15) is 0 Å². The molecular formula is C15H19NO3. The topological polar surface area (TPSA) is 49.8 Å². The highest BCUT2D eigenvalue weighted by Gasteiger charge is 2.46. The molecule has 4 nitrogen and oxygen atoms in total. The molecule has 0 atom stereocenters. The quantitative estimate of drug-likeness (QED) is 0.899. The van der Waals surface area contributed by atoms with E-state index in [1.807, 2.05) is 24.3 Å². The molecule has 1 aromatic rings. The van der Waals surface area contributed by atoms with E-state index >= 15 is 0 Å². The number of ether oxygens (including phenoxy) is 1. The fourth-order valence-electron chi connectivity index (χ4n) is 2.93. The Hall–Kier alpha value is -1.55. The first kappa shape index (κ1) is 12.5. The summed E-state index contributed by atoms with van der Waals surface area (Å²) in [6.07, 6.45) is 2.70. The molecule has 2 fully saturated rings. The summed E-state index contributed by atoms with van der Waals surface area (Å²) in [7, 11) is 2.06. The number of nitrogens with zero attached hydrogens (tertiary/aromatic N) is 1. The summed E-state index contributed by atoms with van der Waals surface area (Å²) < 4.78 is 5.87. The molecule has 0 spiro atoms. The highest BCUT2D eigenvalue weighted by atomic mass is 16.5. The van der Waals surface area contributed by atoms with Crippen LogP contribution in [-0.2, 0) is 10.2 Å². The zero-order valence-electron chi connectivity index (χ0n) is 11.1. The predicted octanol–water partition coefficient (Wildman–Crippen LogP) is 1.89. The number of likely N-dealkylation sites (N-methyl/N-ethyl adjacent to an activating group) is 1. The summed E-state index contributed by atoms with van der Waals surface area (Å²) in [5.74, 6) is 0.0856. The van der Waals surface area contributed by atoms with Crippen molar-refractivity contribution in [1.82, 2.24) is 4.90 Å². The first-order chi connectivity index (χ1) is 9.10. The lowest BCUT2D eigenvalue weighted by atomic mass is 9.64. The smallest absolute Gasteiger partial charge is 0.314 e. The second-order valence-corrected chi connectivity index (χ2v) is 5.73. The highest BCUT2D eigenvalue weighted by molar-refractivity contribution is 5.82. The number of hydrogen-bond donors (Lipinski definition) is 1. The van der Waals surface area contributed by atoms with Crippen LogP contribution in [0.25, 0.3) is 0 Å². The Bertz CT molecular complexity index is 490. The number of aliphatic carboxylic acids is 1. The van der Waals surface area contributed by atoms with Gasteiger partial charge in [0.2, 0.25) is 0 Å². The zero-order chi connectivity index (χ0) is 13.5. The SMILES string of the molecule is CN1CC(Oc2cccc(C3(C(=O)O)CCC3)c2)C1. The number of likely N-dealkylation sites (tertiary alicyclic amines) is 1. The van der Waals surface area contributed by atoms with Crippen LogP contribution in [0, 0.1) is 0 Å². The van der Waals surface area contributed by atoms with Crippen molar-refractivity contribution in [2.75, 3.05) is 20.1 Å². The maximum absolute atomic E-state index is 11.5. The van der Waals surface area contributed by atoms with Crippen LogP contribution in [0.5, 0.6) is 5.75 Å². The van der Waals surface area contributed by atoms with Crippen molar-refractivity contribution in [3.63, 3.8) is 0 Å². The van der Waals surface area contributed by atoms with Crippen molar-refractivity contribution >= 4 is 5.97 Å². The molecule has 1 heterocycles. The summed E-state index contributed by atoms with van der Waals surface area (Å²) in [6.45, 7) is 1.88. The van der Waals surface area contributed by atoms with Gasteiger partial charge in [-0.15, -0.1) is 0 Å². The molecule has 4 heteroatoms. The normalized spacial score (nSPS) is 22.4. The maximum atomic E-state index is 11.5. The third-order valence-electron chi connectivity index (χ3n) is 4.34. The Morgan fingerprint density at radius 1 is 1.42 bits per heavy atom. The second-order valence-electron chi connectivity index (χ2n) is 5.73. The van der Waals surface area contributed by atoms with E-state index in [4.69, 9.17) is 4.74 Å². The second kappa shape index (κ2) is 4.53. The van der Waals surface area contributed by atoms with E-state index in [1.54, 1.807) is 0 Å². The van der Waals surface area contributed by atoms with Gasteiger partial charge in [0.1, 0.15) is 11.9 Å². The van der Waals surface area contributed by atoms with Crippen molar-refractivity contribution < 1.29 is 14.6 Å². The number of carboxylic acid groups (broad SMARTS) is 1. The lowest BCUT2D eigenvalue weighted by Crippen LogP contribution is -2.51. The van der Waals surface area contributed by atoms with E-state index in [-0.39, 0.29) is 6.10 Å². The van der Waals surface area contributed by atoms with Gasteiger partial charge in [-0.25, -0.2) is 0 Å². The van der Waals surface area contributed by atoms with Crippen molar-refractivity contribution in [2.24, 2.45) is 0 Å². The van der Waals surface area contributed by atoms with E-state index < -0.39 is 11.4 Å². The molecule has 1 aromatic carbocycles. The molecule has 0 aromatic heterocycles. The molecule has 1 aliphatic carbocycles. The van der Waals surface area contributed by atoms with Gasteiger partial charge in [0.15, 0.2) is 0 Å². The third kappa shape index (κ3) is 2.10. The van der Waals surface area contributed by atoms with Gasteiger partial charge in [-0.3, -0.25) is 9.69 Å². The van der Waals surface area contributed by atoms with E-state index in [0.717, 1.165) is 43.7 Å². The van der Waals surface area contributed by atoms with Crippen LogP contribution in [0.2, 0.25) is 0 Å². The Balaban J connectivity index is 1.78. The molecule has 1 saturated heterocycles. The van der Waals surface area contributed by atoms with E-state index in [2.05, 4.69) is 11.9 Å². The molecule has 0 unspecified atom stereocenters. The van der Waals surface area contributed by atoms with Gasteiger partial charge >= 0.3 is 5.97 Å². The lowest BCUT2D eigenvalue weighted by Gasteiger charge is -2.39. The Kier molecular flexibility index (Phi) is 2.97. The van der Waals surface area contributed by atoms with Crippen molar-refractivity contribution in [2.45, 2.75) is 30.8 Å². The van der Waals surface area contributed by atoms with Gasteiger partial charge < -0.3 is 9.84 Å². The number of rotatable bonds is 4. The van der Waals surface area contributed by atoms with Crippen LogP contribution in [0.15, 0.2) is 24.3 Å². The number of benzene rings is 1. The van der Waals surface area contributed by atoms with Crippen molar-refractivity contribution in [1.29, 1.82) is 0 Å². The van der Waals surface area contributed by atoms with Crippen LogP contribution in [0.3, 0.4) is 0 Å². The van der Waals surface area contributed by atoms with Gasteiger partial charge in [-0.05, 0) is 37.6 Å². The van der Waals surface area contributed by atoms with Crippen molar-refractivity contribution in [3.05, 3.63) is 29.8 Å². The molecule has 102 valence electrons. The largest absolute Gasteiger partial charge is 0.488 e. The minimum absolute atomic E-state index is 0.238. The number of hydrogen-bond acceptors (Lipinski definition) is 3. The predicted molar refractivity (Wildman–Crippen MR) is 71.5 cm³/mol. The first-order valence-corrected chi connectivity index (χ1v) is 6.79. The minimum atomic E-state index is -0.709. The monoisotopic (exact) mass is 261 g/mol. The number of carbonyl (C=O) groups is 1. The van der Waals surface area contributed by atoms with Gasteiger partial charge in [-0.1, -0.05) is 18.6 Å². The fourth-order valence-corrected chi connectivity index (χ4v) is 2.93. The van der Waals surface area contributed by atoms with Crippen LogP contribution in [-0.4, -0.2) is 42.2 Å². The van der Waals surface area contributed by atoms with Crippen LogP contribution >= 0.6 is 0 Å². The van der Waals surface area contributed by atoms with Gasteiger partial charge in [0, 0.05) is 13.1 Å². The molecule has 19 heavy (non-hydrogen) atoms. The van der Waals surface area contributed by atoms with E-state index in [1.165, 1.54) is 0 Å². The number of carboxylic acids is 1. The summed E-state index contributed by atoms with van der Waals surface area (Å²) in [5, 5.41) is 9.45. The fraction of sp³-hybridized carbons (Fsp3) is 0.533. The summed E-state index contributed by atoms with van der Waals surface area (Å²) in [4.78, 5) is 13.7. The third-order valence-corrected chi connectivity index (χ3v) is 4.34. The first-order valence-electron chi connectivity index (χ1n) is 6.79. The Labute approximate surface area is 113 Å². The standard InChI is InChI=1S/C15H19NO3/c1-16-9-13(10-16)19-12-5-2-4-11(8-12)15(14(17)18)6-3-7-15/h2,4-5,8,13H,3,6-7,9-10H2,1H3,(H,17,18). The molecule has 1 saturated carbocycles. The van der Waals surface area contributed by atoms with E-state index in [0.29, 0.717) is 0 Å². The summed E-state index contributed by atoms with van der Waals surface area (Å²) >= 11 is 0. The summed E-state index contributed by atoms with van der Waals surface area (Å²) in [6, 6.07) is 7.63. The Morgan fingerprint density at radius 3 is 2.68 bits per heavy atom. The molecule has 1 aliphatic heterocycles. The molecule has 0 amide bonds. The zero-order valence-corrected chi connectivity index (χ0v) is 11.1. The average molecular weight is 261 g/mol. The molecule has 0 radical (unpaired) electrons. The van der Waals surface area contributed by atoms with Crippen LogP contribution < -0.4 is 4.74 Å². The summed E-state index contributed by atoms with van der Waals surface area (Å²) in [5.41, 5.74) is 0.215. The van der Waals surface area contributed by atoms with Crippen LogP contribution in [0.1, 0.15) is 24.8 Å². The molecule has 3 rings (SSSR count). The molecular weight excluding hydrogens is 242 g/mol. The van der Waals surface area contributed by atoms with Gasteiger partial charge in [0.05, 0.1) is 5.41 Å². The molecule has 1 N–H and O–H groups in total. The maximum Gasteiger partial charge on any atom is 0.314 e. The minimum Gasteiger partial charge on any atom is -0.488 e. The van der Waals surface area contributed by atoms with Crippen molar-refractivity contribution in [3.8, 4) is 5.75 Å². The Morgan fingerprint density at radius 2 is 2.16 bits per heavy atom. The van der Waals surface area contributed by atoms with Gasteiger partial charge in [0.25, 0.3) is 0 Å². The molecule has 0 bridgehead atoms. The lowest BCUT2D eigenvalue weighted by molar-refractivity contribution is -0.147. The van der Waals surface area contributed by atoms with E-state index in [9.17, 15) is 9.90 Å². The average Bonchev–Trinajstić information content (AvgIpc) is 2.25.